The second kappa shape index (κ2) is 6.10. The third-order valence-electron chi connectivity index (χ3n) is 3.62. The van der Waals surface area contributed by atoms with Gasteiger partial charge in [-0.3, -0.25) is 0 Å². The van der Waals surface area contributed by atoms with Gasteiger partial charge in [-0.1, -0.05) is 0 Å². The smallest absolute Gasteiger partial charge is 0.342 e. The van der Waals surface area contributed by atoms with Crippen molar-refractivity contribution in [2.45, 2.75) is 38.9 Å². The Balaban J connectivity index is 2.46. The number of benzene rings is 1. The maximum absolute atomic E-state index is 12.8. The van der Waals surface area contributed by atoms with Crippen molar-refractivity contribution in [3.8, 4) is 0 Å². The second-order valence-corrected chi connectivity index (χ2v) is 5.58. The lowest BCUT2D eigenvalue weighted by Crippen LogP contribution is -2.11. The van der Waals surface area contributed by atoms with Crippen LogP contribution < -0.4 is 5.32 Å². The first-order valence-electron chi connectivity index (χ1n) is 7.20. The average Bonchev–Trinajstić information content (AvgIpc) is 2.75. The summed E-state index contributed by atoms with van der Waals surface area (Å²) in [4.78, 5) is 0. The maximum atomic E-state index is 12.8. The van der Waals surface area contributed by atoms with Crippen molar-refractivity contribution in [3.05, 3.63) is 35.5 Å². The van der Waals surface area contributed by atoms with Gasteiger partial charge in [0.1, 0.15) is 0 Å². The standard InChI is InChI=1S/C16H21F3N2/c1-11(2)21-14(5-4-8-20-3)10-12-9-13(16(17,18)19)6-7-15(12)21/h6-7,9-11,20H,4-5,8H2,1-3H3. The Bertz CT molecular complexity index is 612. The lowest BCUT2D eigenvalue weighted by atomic mass is 10.1. The van der Waals surface area contributed by atoms with E-state index in [2.05, 4.69) is 23.7 Å². The number of aryl methyl sites for hydroxylation is 1. The Morgan fingerprint density at radius 3 is 2.48 bits per heavy atom. The van der Waals surface area contributed by atoms with Crippen molar-refractivity contribution in [1.29, 1.82) is 0 Å². The van der Waals surface area contributed by atoms with Crippen LogP contribution in [0.25, 0.3) is 10.9 Å². The van der Waals surface area contributed by atoms with Crippen LogP contribution in [0.5, 0.6) is 0 Å². The SMILES string of the molecule is CNCCCc1cc2cc(C(F)(F)F)ccc2n1C(C)C. The van der Waals surface area contributed by atoms with Gasteiger partial charge in [0.2, 0.25) is 0 Å². The highest BCUT2D eigenvalue weighted by Crippen LogP contribution is 2.33. The van der Waals surface area contributed by atoms with E-state index in [-0.39, 0.29) is 6.04 Å². The summed E-state index contributed by atoms with van der Waals surface area (Å²) in [6.07, 6.45) is -2.47. The Kier molecular flexibility index (Phi) is 4.61. The Labute approximate surface area is 122 Å². The number of aromatic nitrogens is 1. The number of nitrogens with one attached hydrogen (secondary N) is 1. The van der Waals surface area contributed by atoms with Crippen LogP contribution in [0.4, 0.5) is 13.2 Å². The molecule has 21 heavy (non-hydrogen) atoms. The summed E-state index contributed by atoms with van der Waals surface area (Å²) < 4.78 is 40.6. The molecule has 116 valence electrons. The van der Waals surface area contributed by atoms with Crippen molar-refractivity contribution in [2.75, 3.05) is 13.6 Å². The summed E-state index contributed by atoms with van der Waals surface area (Å²) in [6, 6.07) is 6.11. The minimum atomic E-state index is -4.29. The molecule has 2 rings (SSSR count). The Morgan fingerprint density at radius 1 is 1.19 bits per heavy atom. The van der Waals surface area contributed by atoms with E-state index in [1.807, 2.05) is 13.1 Å². The minimum absolute atomic E-state index is 0.226. The molecular weight excluding hydrogens is 277 g/mol. The molecule has 0 saturated heterocycles. The van der Waals surface area contributed by atoms with E-state index >= 15 is 0 Å². The van der Waals surface area contributed by atoms with Gasteiger partial charge in [-0.2, -0.15) is 13.2 Å². The topological polar surface area (TPSA) is 17.0 Å². The van der Waals surface area contributed by atoms with E-state index in [1.165, 1.54) is 12.1 Å². The predicted molar refractivity (Wildman–Crippen MR) is 79.6 cm³/mol. The molecule has 0 aliphatic rings. The van der Waals surface area contributed by atoms with E-state index in [1.54, 1.807) is 6.07 Å². The minimum Gasteiger partial charge on any atom is -0.342 e. The van der Waals surface area contributed by atoms with Gasteiger partial charge in [0.05, 0.1) is 5.56 Å². The van der Waals surface area contributed by atoms with Crippen LogP contribution in [0.15, 0.2) is 24.3 Å². The summed E-state index contributed by atoms with van der Waals surface area (Å²) >= 11 is 0. The molecule has 2 aromatic rings. The zero-order chi connectivity index (χ0) is 15.6. The fourth-order valence-electron chi connectivity index (χ4n) is 2.72. The zero-order valence-corrected chi connectivity index (χ0v) is 12.6. The molecule has 0 atom stereocenters. The molecule has 1 N–H and O–H groups in total. The molecule has 1 aromatic heterocycles. The lowest BCUT2D eigenvalue weighted by molar-refractivity contribution is -0.137. The molecule has 2 nitrogen and oxygen atoms in total. The zero-order valence-electron chi connectivity index (χ0n) is 12.6. The van der Waals surface area contributed by atoms with Crippen LogP contribution >= 0.6 is 0 Å². The molecule has 0 unspecified atom stereocenters. The first-order valence-corrected chi connectivity index (χ1v) is 7.20. The number of rotatable bonds is 5. The summed E-state index contributed by atoms with van der Waals surface area (Å²) in [6.45, 7) is 5.00. The number of alkyl halides is 3. The van der Waals surface area contributed by atoms with Crippen molar-refractivity contribution in [3.63, 3.8) is 0 Å². The van der Waals surface area contributed by atoms with E-state index in [0.717, 1.165) is 30.6 Å². The van der Waals surface area contributed by atoms with Gasteiger partial charge in [0.15, 0.2) is 0 Å². The van der Waals surface area contributed by atoms with E-state index < -0.39 is 11.7 Å². The van der Waals surface area contributed by atoms with Gasteiger partial charge in [-0.15, -0.1) is 0 Å². The average molecular weight is 298 g/mol. The third kappa shape index (κ3) is 3.40. The summed E-state index contributed by atoms with van der Waals surface area (Å²) in [5.74, 6) is 0. The molecule has 0 aliphatic carbocycles. The van der Waals surface area contributed by atoms with Crippen molar-refractivity contribution in [2.24, 2.45) is 0 Å². The monoisotopic (exact) mass is 298 g/mol. The second-order valence-electron chi connectivity index (χ2n) is 5.58. The number of halogens is 3. The molecule has 0 radical (unpaired) electrons. The van der Waals surface area contributed by atoms with Crippen LogP contribution in [0.2, 0.25) is 0 Å². The molecule has 5 heteroatoms. The lowest BCUT2D eigenvalue weighted by Gasteiger charge is -2.15. The van der Waals surface area contributed by atoms with Crippen LogP contribution in [0.3, 0.4) is 0 Å². The molecule has 0 spiro atoms. The fourth-order valence-corrected chi connectivity index (χ4v) is 2.72. The van der Waals surface area contributed by atoms with Gasteiger partial charge in [-0.05, 0) is 64.5 Å². The Morgan fingerprint density at radius 2 is 1.90 bits per heavy atom. The quantitative estimate of drug-likeness (QED) is 0.810. The first kappa shape index (κ1) is 15.9. The normalized spacial score (nSPS) is 12.5. The molecule has 0 fully saturated rings. The van der Waals surface area contributed by atoms with E-state index in [9.17, 15) is 13.2 Å². The third-order valence-corrected chi connectivity index (χ3v) is 3.62. The number of hydrogen-bond donors (Lipinski definition) is 1. The highest BCUT2D eigenvalue weighted by atomic mass is 19.4. The maximum Gasteiger partial charge on any atom is 0.416 e. The highest BCUT2D eigenvalue weighted by molar-refractivity contribution is 5.82. The largest absolute Gasteiger partial charge is 0.416 e. The van der Waals surface area contributed by atoms with Gasteiger partial charge < -0.3 is 9.88 Å². The molecule has 1 heterocycles. The molecular formula is C16H21F3N2. The van der Waals surface area contributed by atoms with E-state index in [0.29, 0.717) is 5.39 Å². The van der Waals surface area contributed by atoms with Gasteiger partial charge >= 0.3 is 6.18 Å². The Hall–Kier alpha value is -1.49. The highest BCUT2D eigenvalue weighted by Gasteiger charge is 2.30. The molecule has 0 bridgehead atoms. The van der Waals surface area contributed by atoms with Crippen molar-refractivity contribution >= 4 is 10.9 Å². The number of fused-ring (bicyclic) bond motifs is 1. The molecule has 0 aliphatic heterocycles. The van der Waals surface area contributed by atoms with Gasteiger partial charge in [0, 0.05) is 22.6 Å². The van der Waals surface area contributed by atoms with E-state index in [4.69, 9.17) is 0 Å². The van der Waals surface area contributed by atoms with Crippen molar-refractivity contribution < 1.29 is 13.2 Å². The van der Waals surface area contributed by atoms with Crippen molar-refractivity contribution in [1.82, 2.24) is 9.88 Å². The molecule has 0 amide bonds. The summed E-state index contributed by atoms with van der Waals surface area (Å²) in [7, 11) is 1.90. The van der Waals surface area contributed by atoms with Crippen LogP contribution in [-0.2, 0) is 12.6 Å². The van der Waals surface area contributed by atoms with Gasteiger partial charge in [-0.25, -0.2) is 0 Å². The summed E-state index contributed by atoms with van der Waals surface area (Å²) in [5, 5.41) is 3.76. The number of hydrogen-bond acceptors (Lipinski definition) is 1. The first-order chi connectivity index (χ1) is 9.84. The predicted octanol–water partition coefficient (Wildman–Crippen LogP) is 4.39. The van der Waals surface area contributed by atoms with Gasteiger partial charge in [0.25, 0.3) is 0 Å². The van der Waals surface area contributed by atoms with Crippen LogP contribution in [-0.4, -0.2) is 18.2 Å². The number of nitrogens with zero attached hydrogens (tertiary/aromatic N) is 1. The van der Waals surface area contributed by atoms with Crippen LogP contribution in [0, 0.1) is 0 Å². The fraction of sp³-hybridized carbons (Fsp3) is 0.500. The summed E-state index contributed by atoms with van der Waals surface area (Å²) in [5.41, 5.74) is 1.38. The molecule has 1 aromatic carbocycles. The molecule has 0 saturated carbocycles. The van der Waals surface area contributed by atoms with Crippen LogP contribution in [0.1, 0.15) is 37.6 Å².